The number of ether oxygens (including phenoxy) is 1. The molecule has 1 aromatic carbocycles. The molecule has 0 saturated carbocycles. The Morgan fingerprint density at radius 2 is 1.90 bits per heavy atom. The molecule has 0 spiro atoms. The quantitative estimate of drug-likeness (QED) is 0.330. The average molecular weight is 276 g/mol. The van der Waals surface area contributed by atoms with E-state index in [1.807, 2.05) is 18.2 Å². The van der Waals surface area contributed by atoms with E-state index >= 15 is 0 Å². The van der Waals surface area contributed by atoms with E-state index in [0.717, 1.165) is 19.4 Å². The predicted octanol–water partition coefficient (Wildman–Crippen LogP) is 3.51. The number of hydrogen-bond acceptors (Lipinski definition) is 2. The minimum atomic E-state index is -0.303. The third-order valence-electron chi connectivity index (χ3n) is 3.34. The van der Waals surface area contributed by atoms with Crippen LogP contribution in [-0.2, 0) is 16.1 Å². The largest absolute Gasteiger partial charge is 0.409 e. The Hall–Kier alpha value is -1.61. The highest BCUT2D eigenvalue weighted by atomic mass is 16.6. The lowest BCUT2D eigenvalue weighted by Gasteiger charge is -2.37. The topological polar surface area (TPSA) is 26.3 Å². The summed E-state index contributed by atoms with van der Waals surface area (Å²) in [6.07, 6.45) is 1.67. The maximum atomic E-state index is 11.8. The molecule has 3 heteroatoms. The van der Waals surface area contributed by atoms with Gasteiger partial charge in [-0.3, -0.25) is 4.48 Å². The van der Waals surface area contributed by atoms with E-state index in [1.54, 1.807) is 6.92 Å². The van der Waals surface area contributed by atoms with Gasteiger partial charge in [0.05, 0.1) is 14.1 Å². The summed E-state index contributed by atoms with van der Waals surface area (Å²) in [5, 5.41) is 0. The van der Waals surface area contributed by atoms with Gasteiger partial charge in [-0.25, -0.2) is 4.79 Å². The molecule has 0 heterocycles. The van der Waals surface area contributed by atoms with Gasteiger partial charge in [0.2, 0.25) is 6.23 Å². The zero-order valence-corrected chi connectivity index (χ0v) is 13.1. The van der Waals surface area contributed by atoms with Crippen molar-refractivity contribution >= 4 is 5.97 Å². The number of carbonyl (C=O) groups is 1. The van der Waals surface area contributed by atoms with Gasteiger partial charge < -0.3 is 4.74 Å². The molecule has 0 fully saturated rings. The molecule has 0 bridgehead atoms. The molecule has 0 aliphatic rings. The van der Waals surface area contributed by atoms with E-state index in [2.05, 4.69) is 39.7 Å². The lowest BCUT2D eigenvalue weighted by atomic mass is 10.1. The van der Waals surface area contributed by atoms with Crippen molar-refractivity contribution in [2.75, 3.05) is 14.1 Å². The molecule has 0 aromatic heterocycles. The summed E-state index contributed by atoms with van der Waals surface area (Å²) in [5.41, 5.74) is 1.69. The Balaban J connectivity index is 2.82. The third kappa shape index (κ3) is 4.82. The molecular formula is C17H26NO2+. The van der Waals surface area contributed by atoms with Crippen molar-refractivity contribution in [2.24, 2.45) is 0 Å². The van der Waals surface area contributed by atoms with Crippen LogP contribution in [0, 0.1) is 0 Å². The SMILES string of the molecule is C=C(C)C(=O)OC(CCC)[N+](C)(C)Cc1ccccc1. The molecular weight excluding hydrogens is 250 g/mol. The lowest BCUT2D eigenvalue weighted by molar-refractivity contribution is -0.947. The summed E-state index contributed by atoms with van der Waals surface area (Å²) in [6.45, 7) is 8.27. The van der Waals surface area contributed by atoms with Gasteiger partial charge in [0.1, 0.15) is 6.54 Å². The second kappa shape index (κ2) is 7.25. The fourth-order valence-electron chi connectivity index (χ4n) is 2.18. The number of esters is 1. The Labute approximate surface area is 122 Å². The number of nitrogens with zero attached hydrogens (tertiary/aromatic N) is 1. The van der Waals surface area contributed by atoms with Crippen LogP contribution in [-0.4, -0.2) is 30.8 Å². The van der Waals surface area contributed by atoms with E-state index in [9.17, 15) is 4.79 Å². The van der Waals surface area contributed by atoms with Crippen molar-refractivity contribution in [2.45, 2.75) is 39.5 Å². The van der Waals surface area contributed by atoms with Crippen LogP contribution in [0.1, 0.15) is 32.3 Å². The highest BCUT2D eigenvalue weighted by Crippen LogP contribution is 2.19. The van der Waals surface area contributed by atoms with Crippen molar-refractivity contribution in [3.05, 3.63) is 48.0 Å². The summed E-state index contributed by atoms with van der Waals surface area (Å²) in [7, 11) is 4.19. The number of hydrogen-bond donors (Lipinski definition) is 0. The Bertz CT molecular complexity index is 451. The van der Waals surface area contributed by atoms with E-state index < -0.39 is 0 Å². The molecule has 1 rings (SSSR count). The molecule has 3 nitrogen and oxygen atoms in total. The Morgan fingerprint density at radius 3 is 2.40 bits per heavy atom. The molecule has 0 aliphatic heterocycles. The molecule has 1 aromatic rings. The summed E-state index contributed by atoms with van der Waals surface area (Å²) in [6, 6.07) is 10.3. The summed E-state index contributed by atoms with van der Waals surface area (Å²) >= 11 is 0. The highest BCUT2D eigenvalue weighted by Gasteiger charge is 2.31. The Morgan fingerprint density at radius 1 is 1.30 bits per heavy atom. The summed E-state index contributed by atoms with van der Waals surface area (Å²) in [4.78, 5) is 11.8. The van der Waals surface area contributed by atoms with Crippen molar-refractivity contribution < 1.29 is 14.0 Å². The maximum Gasteiger partial charge on any atom is 0.337 e. The van der Waals surface area contributed by atoms with Crippen molar-refractivity contribution in [3.63, 3.8) is 0 Å². The minimum Gasteiger partial charge on any atom is -0.409 e. The monoisotopic (exact) mass is 276 g/mol. The van der Waals surface area contributed by atoms with Gasteiger partial charge in [0.15, 0.2) is 0 Å². The van der Waals surface area contributed by atoms with E-state index in [4.69, 9.17) is 4.74 Å². The van der Waals surface area contributed by atoms with Gasteiger partial charge in [0, 0.05) is 17.6 Å². The maximum absolute atomic E-state index is 11.8. The van der Waals surface area contributed by atoms with E-state index in [1.165, 1.54) is 5.56 Å². The van der Waals surface area contributed by atoms with Crippen molar-refractivity contribution in [3.8, 4) is 0 Å². The first-order valence-electron chi connectivity index (χ1n) is 7.10. The molecule has 0 N–H and O–H groups in total. The fourth-order valence-corrected chi connectivity index (χ4v) is 2.18. The molecule has 1 atom stereocenters. The summed E-state index contributed by atoms with van der Waals surface area (Å²) in [5.74, 6) is -0.303. The van der Waals surface area contributed by atoms with Crippen LogP contribution < -0.4 is 0 Å². The second-order valence-electron chi connectivity index (χ2n) is 5.85. The van der Waals surface area contributed by atoms with Gasteiger partial charge >= 0.3 is 5.97 Å². The highest BCUT2D eigenvalue weighted by molar-refractivity contribution is 5.86. The molecule has 0 aliphatic carbocycles. The smallest absolute Gasteiger partial charge is 0.337 e. The molecule has 0 radical (unpaired) electrons. The molecule has 110 valence electrons. The Kier molecular flexibility index (Phi) is 5.96. The molecule has 0 amide bonds. The molecule has 0 saturated heterocycles. The average Bonchev–Trinajstić information content (AvgIpc) is 2.38. The third-order valence-corrected chi connectivity index (χ3v) is 3.34. The van der Waals surface area contributed by atoms with E-state index in [-0.39, 0.29) is 12.2 Å². The van der Waals surface area contributed by atoms with Crippen LogP contribution in [0.2, 0.25) is 0 Å². The number of carbonyl (C=O) groups excluding carboxylic acids is 1. The predicted molar refractivity (Wildman–Crippen MR) is 81.9 cm³/mol. The van der Waals surface area contributed by atoms with Crippen LogP contribution in [0.15, 0.2) is 42.5 Å². The van der Waals surface area contributed by atoms with Crippen LogP contribution >= 0.6 is 0 Å². The van der Waals surface area contributed by atoms with Crippen LogP contribution in [0.4, 0.5) is 0 Å². The van der Waals surface area contributed by atoms with Crippen LogP contribution in [0.25, 0.3) is 0 Å². The first-order valence-corrected chi connectivity index (χ1v) is 7.10. The second-order valence-corrected chi connectivity index (χ2v) is 5.85. The van der Waals surface area contributed by atoms with Crippen molar-refractivity contribution in [1.29, 1.82) is 0 Å². The zero-order valence-electron chi connectivity index (χ0n) is 13.1. The molecule has 20 heavy (non-hydrogen) atoms. The number of benzene rings is 1. The standard InChI is InChI=1S/C17H26NO2/c1-6-10-16(20-17(19)14(2)3)18(4,5)13-15-11-8-7-9-12-15/h7-9,11-12,16H,2,6,10,13H2,1,3-5H3/q+1. The normalized spacial score (nSPS) is 12.8. The van der Waals surface area contributed by atoms with Crippen molar-refractivity contribution in [1.82, 2.24) is 0 Å². The van der Waals surface area contributed by atoms with Gasteiger partial charge in [0.25, 0.3) is 0 Å². The van der Waals surface area contributed by atoms with Gasteiger partial charge in [-0.1, -0.05) is 43.8 Å². The number of quaternary nitrogens is 1. The first kappa shape index (κ1) is 16.4. The van der Waals surface area contributed by atoms with Gasteiger partial charge in [-0.15, -0.1) is 0 Å². The van der Waals surface area contributed by atoms with Crippen LogP contribution in [0.5, 0.6) is 0 Å². The van der Waals surface area contributed by atoms with E-state index in [0.29, 0.717) is 10.1 Å². The number of rotatable bonds is 7. The van der Waals surface area contributed by atoms with Crippen LogP contribution in [0.3, 0.4) is 0 Å². The van der Waals surface area contributed by atoms with Gasteiger partial charge in [-0.2, -0.15) is 0 Å². The summed E-state index contributed by atoms with van der Waals surface area (Å²) < 4.78 is 6.24. The zero-order chi connectivity index (χ0) is 15.2. The van der Waals surface area contributed by atoms with Gasteiger partial charge in [-0.05, 0) is 13.3 Å². The fraction of sp³-hybridized carbons (Fsp3) is 0.471. The molecule has 1 unspecified atom stereocenters. The first-order chi connectivity index (χ1) is 9.36. The lowest BCUT2D eigenvalue weighted by Crippen LogP contribution is -2.50. The minimum absolute atomic E-state index is 0.149.